The van der Waals surface area contributed by atoms with Crippen LogP contribution in [0.1, 0.15) is 47.5 Å². The first-order valence-corrected chi connectivity index (χ1v) is 10.7. The quantitative estimate of drug-likeness (QED) is 0.211. The van der Waals surface area contributed by atoms with E-state index in [1.807, 2.05) is 32.1 Å². The molecule has 0 spiro atoms. The first kappa shape index (κ1) is 20.1. The molecular weight excluding hydrogens is 280 g/mol. The van der Waals surface area contributed by atoms with E-state index in [2.05, 4.69) is 33.9 Å². The third-order valence-electron chi connectivity index (χ3n) is 3.89. The lowest BCUT2D eigenvalue weighted by Gasteiger charge is -2.36. The summed E-state index contributed by atoms with van der Waals surface area (Å²) in [4.78, 5) is 11.8. The topological polar surface area (TPSA) is 35.5 Å². The summed E-state index contributed by atoms with van der Waals surface area (Å²) < 4.78 is 11.2. The lowest BCUT2D eigenvalue weighted by atomic mass is 10.1. The van der Waals surface area contributed by atoms with E-state index in [9.17, 15) is 4.79 Å². The van der Waals surface area contributed by atoms with E-state index in [-0.39, 0.29) is 11.0 Å². The van der Waals surface area contributed by atoms with E-state index in [1.54, 1.807) is 0 Å². The van der Waals surface area contributed by atoms with Crippen molar-refractivity contribution in [3.05, 3.63) is 23.8 Å². The second kappa shape index (κ2) is 9.21. The second-order valence-electron chi connectivity index (χ2n) is 6.65. The van der Waals surface area contributed by atoms with Gasteiger partial charge < -0.3 is 9.16 Å². The van der Waals surface area contributed by atoms with Crippen molar-refractivity contribution in [2.24, 2.45) is 0 Å². The minimum absolute atomic E-state index is 0.220. The van der Waals surface area contributed by atoms with Gasteiger partial charge in [-0.15, -0.1) is 0 Å². The summed E-state index contributed by atoms with van der Waals surface area (Å²) in [7, 11) is -1.69. The van der Waals surface area contributed by atoms with Crippen molar-refractivity contribution in [1.82, 2.24) is 0 Å². The second-order valence-corrected chi connectivity index (χ2v) is 11.5. The van der Waals surface area contributed by atoms with E-state index >= 15 is 0 Å². The summed E-state index contributed by atoms with van der Waals surface area (Å²) in [6.07, 6.45) is 7.16. The average Bonchev–Trinajstić information content (AvgIpc) is 2.36. The maximum atomic E-state index is 11.8. The van der Waals surface area contributed by atoms with Gasteiger partial charge >= 0.3 is 5.97 Å². The van der Waals surface area contributed by atoms with Crippen LogP contribution in [-0.2, 0) is 14.0 Å². The minimum Gasteiger partial charge on any atom is -0.463 e. The number of allylic oxidation sites excluding steroid dienone is 3. The molecule has 0 rings (SSSR count). The molecule has 0 amide bonds. The highest BCUT2D eigenvalue weighted by Gasteiger charge is 2.36. The molecule has 0 radical (unpaired) electrons. The van der Waals surface area contributed by atoms with E-state index in [0.717, 1.165) is 6.42 Å². The molecule has 0 aromatic rings. The van der Waals surface area contributed by atoms with E-state index in [0.29, 0.717) is 25.2 Å². The summed E-state index contributed by atoms with van der Waals surface area (Å²) in [5, 5.41) is 0.220. The van der Waals surface area contributed by atoms with Crippen LogP contribution in [0.3, 0.4) is 0 Å². The molecule has 4 heteroatoms. The molecule has 0 saturated carbocycles. The van der Waals surface area contributed by atoms with Gasteiger partial charge in [0.15, 0.2) is 8.32 Å². The van der Waals surface area contributed by atoms with Crippen LogP contribution in [0.15, 0.2) is 23.8 Å². The third-order valence-corrected chi connectivity index (χ3v) is 8.43. The highest BCUT2D eigenvalue weighted by molar-refractivity contribution is 6.74. The van der Waals surface area contributed by atoms with Crippen molar-refractivity contribution < 1.29 is 14.0 Å². The molecule has 0 aromatic heterocycles. The van der Waals surface area contributed by atoms with Gasteiger partial charge in [0.05, 0.1) is 6.61 Å². The van der Waals surface area contributed by atoms with Crippen LogP contribution in [-0.4, -0.2) is 27.5 Å². The van der Waals surface area contributed by atoms with E-state index in [4.69, 9.17) is 9.16 Å². The molecule has 0 aromatic carbocycles. The summed E-state index contributed by atoms with van der Waals surface area (Å²) in [5.41, 5.74) is 0.716. The summed E-state index contributed by atoms with van der Waals surface area (Å²) in [5.74, 6) is -0.220. The molecule has 0 saturated heterocycles. The Morgan fingerprint density at radius 3 is 2.33 bits per heavy atom. The van der Waals surface area contributed by atoms with Gasteiger partial charge in [-0.1, -0.05) is 39.0 Å². The largest absolute Gasteiger partial charge is 0.463 e. The molecule has 0 heterocycles. The molecular formula is C17H32O3Si. The Morgan fingerprint density at radius 2 is 1.86 bits per heavy atom. The molecule has 0 N–H and O–H groups in total. The van der Waals surface area contributed by atoms with Crippen molar-refractivity contribution in [1.29, 1.82) is 0 Å². The zero-order chi connectivity index (χ0) is 16.5. The van der Waals surface area contributed by atoms with Crippen LogP contribution in [0.5, 0.6) is 0 Å². The number of ether oxygens (including phenoxy) is 1. The first-order valence-electron chi connectivity index (χ1n) is 7.78. The van der Waals surface area contributed by atoms with Crippen LogP contribution >= 0.6 is 0 Å². The van der Waals surface area contributed by atoms with Gasteiger partial charge in [-0.25, -0.2) is 4.79 Å². The Hall–Kier alpha value is -0.873. The van der Waals surface area contributed by atoms with E-state index in [1.165, 1.54) is 0 Å². The first-order chi connectivity index (χ1) is 9.65. The fourth-order valence-corrected chi connectivity index (χ4v) is 2.58. The van der Waals surface area contributed by atoms with Gasteiger partial charge in [0, 0.05) is 12.2 Å². The Kier molecular flexibility index (Phi) is 8.82. The monoisotopic (exact) mass is 312 g/mol. The summed E-state index contributed by atoms with van der Waals surface area (Å²) in [6.45, 7) is 16.0. The molecule has 0 bridgehead atoms. The average molecular weight is 313 g/mol. The Bertz CT molecular complexity index is 376. The number of carbonyl (C=O) groups excluding carboxylic acids is 1. The van der Waals surface area contributed by atoms with Crippen LogP contribution < -0.4 is 0 Å². The van der Waals surface area contributed by atoms with Crippen LogP contribution in [0.25, 0.3) is 0 Å². The zero-order valence-electron chi connectivity index (χ0n) is 14.8. The summed E-state index contributed by atoms with van der Waals surface area (Å²) >= 11 is 0. The third kappa shape index (κ3) is 7.62. The summed E-state index contributed by atoms with van der Waals surface area (Å²) in [6, 6.07) is 0. The maximum Gasteiger partial charge on any atom is 0.333 e. The molecule has 0 unspecified atom stereocenters. The highest BCUT2D eigenvalue weighted by atomic mass is 28.4. The van der Waals surface area contributed by atoms with Gasteiger partial charge in [-0.3, -0.25) is 0 Å². The lowest BCUT2D eigenvalue weighted by Crippen LogP contribution is -2.41. The predicted octanol–water partition coefficient (Wildman–Crippen LogP) is 4.85. The van der Waals surface area contributed by atoms with E-state index < -0.39 is 8.32 Å². The van der Waals surface area contributed by atoms with Crippen LogP contribution in [0.4, 0.5) is 0 Å². The van der Waals surface area contributed by atoms with Gasteiger partial charge in [0.2, 0.25) is 0 Å². The van der Waals surface area contributed by atoms with Crippen LogP contribution in [0, 0.1) is 0 Å². The van der Waals surface area contributed by atoms with Crippen molar-refractivity contribution in [2.75, 3.05) is 13.2 Å². The molecule has 0 aliphatic rings. The molecule has 21 heavy (non-hydrogen) atoms. The number of carbonyl (C=O) groups is 1. The predicted molar refractivity (Wildman–Crippen MR) is 91.9 cm³/mol. The van der Waals surface area contributed by atoms with Gasteiger partial charge in [-0.05, 0) is 44.8 Å². The van der Waals surface area contributed by atoms with Gasteiger partial charge in [-0.2, -0.15) is 0 Å². The van der Waals surface area contributed by atoms with Gasteiger partial charge in [0.25, 0.3) is 0 Å². The molecule has 0 aliphatic heterocycles. The Labute approximate surface area is 131 Å². The highest BCUT2D eigenvalue weighted by Crippen LogP contribution is 2.36. The minimum atomic E-state index is -1.69. The number of hydrogen-bond donors (Lipinski definition) is 0. The fraction of sp³-hybridized carbons (Fsp3) is 0.706. The number of rotatable bonds is 8. The van der Waals surface area contributed by atoms with Crippen molar-refractivity contribution in [3.8, 4) is 0 Å². The maximum absolute atomic E-state index is 11.8. The Morgan fingerprint density at radius 1 is 1.24 bits per heavy atom. The van der Waals surface area contributed by atoms with Crippen molar-refractivity contribution >= 4 is 14.3 Å². The molecule has 0 aliphatic carbocycles. The normalized spacial score (nSPS) is 13.8. The smallest absolute Gasteiger partial charge is 0.333 e. The van der Waals surface area contributed by atoms with Crippen LogP contribution in [0.2, 0.25) is 18.1 Å². The van der Waals surface area contributed by atoms with Gasteiger partial charge in [0.1, 0.15) is 0 Å². The number of hydrogen-bond acceptors (Lipinski definition) is 3. The number of esters is 1. The molecule has 0 atom stereocenters. The van der Waals surface area contributed by atoms with Crippen molar-refractivity contribution in [2.45, 2.75) is 65.6 Å². The SMILES string of the molecule is C/C=C/C=C(\CCCO[Si](C)(C)C(C)(C)C)C(=O)OCC. The molecule has 3 nitrogen and oxygen atoms in total. The fourth-order valence-electron chi connectivity index (χ4n) is 1.50. The standard InChI is InChI=1S/C17H32O3Si/c1-8-10-12-15(16(18)19-9-2)13-11-14-20-21(6,7)17(3,4)5/h8,10,12H,9,11,13-14H2,1-7H3/b10-8+,15-12+. The molecule has 0 fully saturated rings. The molecule has 122 valence electrons. The van der Waals surface area contributed by atoms with Crippen molar-refractivity contribution in [3.63, 3.8) is 0 Å². The lowest BCUT2D eigenvalue weighted by molar-refractivity contribution is -0.138. The Balaban J connectivity index is 4.43. The zero-order valence-corrected chi connectivity index (χ0v) is 15.8.